The van der Waals surface area contributed by atoms with Crippen molar-refractivity contribution >= 4 is 17.6 Å². The van der Waals surface area contributed by atoms with Gasteiger partial charge in [0.25, 0.3) is 0 Å². The molecule has 0 amide bonds. The number of halogens is 1. The van der Waals surface area contributed by atoms with Crippen molar-refractivity contribution in [2.45, 2.75) is 58.7 Å². The van der Waals surface area contributed by atoms with Crippen LogP contribution in [0.3, 0.4) is 0 Å². The summed E-state index contributed by atoms with van der Waals surface area (Å²) in [6, 6.07) is 8.24. The standard InChI is InChI=1S/C22H34ClN7/c1-4-29(5-2)19(17-11-8-9-12-18(17)23)15-25-22(24-3)26-16-21-28-27-20-13-7-6-10-14-30(20)21/h8-9,11-12,19H,4-7,10,13-16H2,1-3H3,(H2,24,25,26). The number of fused-ring (bicyclic) bond motifs is 1. The van der Waals surface area contributed by atoms with Gasteiger partial charge in [0.1, 0.15) is 5.82 Å². The Bertz CT molecular complexity index is 829. The molecule has 1 aliphatic heterocycles. The number of guanidine groups is 1. The van der Waals surface area contributed by atoms with Gasteiger partial charge in [0.2, 0.25) is 0 Å². The molecule has 1 unspecified atom stereocenters. The summed E-state index contributed by atoms with van der Waals surface area (Å²) in [5.41, 5.74) is 1.13. The number of aromatic nitrogens is 3. The van der Waals surface area contributed by atoms with E-state index in [1.807, 2.05) is 18.2 Å². The van der Waals surface area contributed by atoms with Crippen LogP contribution in [0.5, 0.6) is 0 Å². The molecular formula is C22H34ClN7. The van der Waals surface area contributed by atoms with Crippen LogP contribution in [0.25, 0.3) is 0 Å². The fraction of sp³-hybridized carbons (Fsp3) is 0.591. The molecule has 7 nitrogen and oxygen atoms in total. The van der Waals surface area contributed by atoms with E-state index in [2.05, 4.69) is 55.2 Å². The molecule has 1 atom stereocenters. The minimum atomic E-state index is 0.164. The van der Waals surface area contributed by atoms with Crippen molar-refractivity contribution in [2.24, 2.45) is 4.99 Å². The molecule has 0 saturated heterocycles. The topological polar surface area (TPSA) is 70.4 Å². The predicted octanol–water partition coefficient (Wildman–Crippen LogP) is 3.41. The van der Waals surface area contributed by atoms with E-state index in [1.165, 1.54) is 19.3 Å². The lowest BCUT2D eigenvalue weighted by Gasteiger charge is -2.31. The highest BCUT2D eigenvalue weighted by Crippen LogP contribution is 2.27. The molecule has 0 radical (unpaired) electrons. The Labute approximate surface area is 184 Å². The minimum absolute atomic E-state index is 0.164. The van der Waals surface area contributed by atoms with Crippen LogP contribution in [0.4, 0.5) is 0 Å². The van der Waals surface area contributed by atoms with Gasteiger partial charge in [0.05, 0.1) is 12.6 Å². The fourth-order valence-corrected chi connectivity index (χ4v) is 4.36. The molecule has 2 aromatic rings. The summed E-state index contributed by atoms with van der Waals surface area (Å²) < 4.78 is 2.26. The van der Waals surface area contributed by atoms with E-state index in [9.17, 15) is 0 Å². The second-order valence-electron chi connectivity index (χ2n) is 7.56. The first-order valence-corrected chi connectivity index (χ1v) is 11.4. The Balaban J connectivity index is 1.64. The van der Waals surface area contributed by atoms with Gasteiger partial charge >= 0.3 is 0 Å². The highest BCUT2D eigenvalue weighted by Gasteiger charge is 2.21. The molecule has 0 spiro atoms. The van der Waals surface area contributed by atoms with Crippen molar-refractivity contribution in [1.29, 1.82) is 0 Å². The average molecular weight is 432 g/mol. The fourth-order valence-electron chi connectivity index (χ4n) is 4.10. The van der Waals surface area contributed by atoms with E-state index in [4.69, 9.17) is 11.6 Å². The smallest absolute Gasteiger partial charge is 0.191 e. The molecule has 0 fully saturated rings. The van der Waals surface area contributed by atoms with E-state index < -0.39 is 0 Å². The Kier molecular flexibility index (Phi) is 8.51. The summed E-state index contributed by atoms with van der Waals surface area (Å²) >= 11 is 6.52. The van der Waals surface area contributed by atoms with Gasteiger partial charge in [-0.15, -0.1) is 10.2 Å². The van der Waals surface area contributed by atoms with Crippen LogP contribution in [0, 0.1) is 0 Å². The van der Waals surface area contributed by atoms with E-state index in [0.29, 0.717) is 13.1 Å². The van der Waals surface area contributed by atoms with E-state index >= 15 is 0 Å². The predicted molar refractivity (Wildman–Crippen MR) is 123 cm³/mol. The first-order chi connectivity index (χ1) is 14.7. The quantitative estimate of drug-likeness (QED) is 0.495. The number of aliphatic imine (C=N–C) groups is 1. The van der Waals surface area contributed by atoms with Crippen molar-refractivity contribution in [2.75, 3.05) is 26.7 Å². The van der Waals surface area contributed by atoms with Crippen LogP contribution in [-0.4, -0.2) is 52.3 Å². The van der Waals surface area contributed by atoms with Crippen LogP contribution in [-0.2, 0) is 19.5 Å². The van der Waals surface area contributed by atoms with Crippen molar-refractivity contribution in [3.05, 3.63) is 46.5 Å². The minimum Gasteiger partial charge on any atom is -0.354 e. The Morgan fingerprint density at radius 2 is 1.97 bits per heavy atom. The molecule has 0 bridgehead atoms. The first kappa shape index (κ1) is 22.6. The second-order valence-corrected chi connectivity index (χ2v) is 7.97. The van der Waals surface area contributed by atoms with Crippen molar-refractivity contribution in [1.82, 2.24) is 30.3 Å². The van der Waals surface area contributed by atoms with Gasteiger partial charge < -0.3 is 15.2 Å². The van der Waals surface area contributed by atoms with Gasteiger partial charge in [-0.1, -0.05) is 50.1 Å². The van der Waals surface area contributed by atoms with Gasteiger partial charge in [0.15, 0.2) is 11.8 Å². The molecule has 3 rings (SSSR count). The average Bonchev–Trinajstić information content (AvgIpc) is 2.99. The van der Waals surface area contributed by atoms with Gasteiger partial charge in [-0.2, -0.15) is 0 Å². The zero-order valence-corrected chi connectivity index (χ0v) is 19.1. The molecule has 30 heavy (non-hydrogen) atoms. The molecular weight excluding hydrogens is 398 g/mol. The maximum absolute atomic E-state index is 6.52. The largest absolute Gasteiger partial charge is 0.354 e. The third kappa shape index (κ3) is 5.52. The van der Waals surface area contributed by atoms with Crippen LogP contribution in [0.2, 0.25) is 5.02 Å². The molecule has 0 saturated carbocycles. The Morgan fingerprint density at radius 1 is 1.17 bits per heavy atom. The normalized spacial score (nSPS) is 15.6. The lowest BCUT2D eigenvalue weighted by Crippen LogP contribution is -2.43. The number of nitrogens with one attached hydrogen (secondary N) is 2. The second kappa shape index (κ2) is 11.3. The van der Waals surface area contributed by atoms with Crippen LogP contribution >= 0.6 is 11.6 Å². The number of hydrogen-bond donors (Lipinski definition) is 2. The molecule has 2 N–H and O–H groups in total. The van der Waals surface area contributed by atoms with Crippen LogP contribution in [0.15, 0.2) is 29.3 Å². The van der Waals surface area contributed by atoms with E-state index in [0.717, 1.165) is 54.2 Å². The summed E-state index contributed by atoms with van der Waals surface area (Å²) in [5.74, 6) is 2.83. The first-order valence-electron chi connectivity index (χ1n) is 11.0. The lowest BCUT2D eigenvalue weighted by molar-refractivity contribution is 0.219. The summed E-state index contributed by atoms with van der Waals surface area (Å²) in [6.07, 6.45) is 4.66. The van der Waals surface area contributed by atoms with Gasteiger partial charge in [0, 0.05) is 31.6 Å². The number of aryl methyl sites for hydroxylation is 1. The highest BCUT2D eigenvalue weighted by atomic mass is 35.5. The zero-order chi connectivity index (χ0) is 21.3. The third-order valence-corrected chi connectivity index (χ3v) is 6.15. The molecule has 0 aliphatic carbocycles. The summed E-state index contributed by atoms with van der Waals surface area (Å²) in [6.45, 7) is 8.58. The van der Waals surface area contributed by atoms with Crippen LogP contribution in [0.1, 0.15) is 56.4 Å². The van der Waals surface area contributed by atoms with E-state index in [-0.39, 0.29) is 6.04 Å². The Hall–Kier alpha value is -2.12. The summed E-state index contributed by atoms with van der Waals surface area (Å²) in [4.78, 5) is 6.81. The van der Waals surface area contributed by atoms with Gasteiger partial charge in [-0.05, 0) is 37.6 Å². The number of nitrogens with zero attached hydrogens (tertiary/aromatic N) is 5. The SMILES string of the molecule is CCN(CC)C(CNC(=NC)NCc1nnc2n1CCCCC2)c1ccccc1Cl. The Morgan fingerprint density at radius 3 is 2.70 bits per heavy atom. The molecule has 1 aromatic heterocycles. The molecule has 1 aromatic carbocycles. The van der Waals surface area contributed by atoms with Crippen molar-refractivity contribution < 1.29 is 0 Å². The van der Waals surface area contributed by atoms with Crippen LogP contribution < -0.4 is 10.6 Å². The zero-order valence-electron chi connectivity index (χ0n) is 18.4. The number of benzene rings is 1. The monoisotopic (exact) mass is 431 g/mol. The maximum atomic E-state index is 6.52. The lowest BCUT2D eigenvalue weighted by atomic mass is 10.0. The van der Waals surface area contributed by atoms with Crippen molar-refractivity contribution in [3.8, 4) is 0 Å². The van der Waals surface area contributed by atoms with Crippen molar-refractivity contribution in [3.63, 3.8) is 0 Å². The van der Waals surface area contributed by atoms with Gasteiger partial charge in [-0.3, -0.25) is 9.89 Å². The molecule has 1 aliphatic rings. The van der Waals surface area contributed by atoms with E-state index in [1.54, 1.807) is 7.05 Å². The third-order valence-electron chi connectivity index (χ3n) is 5.80. The molecule has 2 heterocycles. The van der Waals surface area contributed by atoms with Gasteiger partial charge in [-0.25, -0.2) is 0 Å². The number of rotatable bonds is 8. The summed E-state index contributed by atoms with van der Waals surface area (Å²) in [5, 5.41) is 16.5. The highest BCUT2D eigenvalue weighted by molar-refractivity contribution is 6.31. The maximum Gasteiger partial charge on any atom is 0.191 e. The number of likely N-dealkylation sites (N-methyl/N-ethyl adjacent to an activating group) is 1. The number of hydrogen-bond acceptors (Lipinski definition) is 4. The molecule has 8 heteroatoms. The molecule has 164 valence electrons. The summed E-state index contributed by atoms with van der Waals surface area (Å²) in [7, 11) is 1.79.